The van der Waals surface area contributed by atoms with E-state index in [-0.39, 0.29) is 22.7 Å². The number of nitrogens with one attached hydrogen (secondary N) is 1. The van der Waals surface area contributed by atoms with Crippen LogP contribution in [0.2, 0.25) is 5.22 Å². The minimum absolute atomic E-state index is 0.0438. The van der Waals surface area contributed by atoms with Gasteiger partial charge in [-0.2, -0.15) is 0 Å². The molecule has 0 saturated heterocycles. The van der Waals surface area contributed by atoms with Crippen LogP contribution in [0.1, 0.15) is 28.9 Å². The Balaban J connectivity index is 1.87. The molecular weight excluding hydrogens is 316 g/mol. The maximum absolute atomic E-state index is 11.9. The smallest absolute Gasteiger partial charge is 0.305 e. The highest BCUT2D eigenvalue weighted by atomic mass is 35.5. The molecule has 8 heteroatoms. The molecule has 0 aliphatic rings. The normalized spacial score (nSPS) is 10.4. The number of esters is 1. The Bertz CT molecular complexity index is 638. The summed E-state index contributed by atoms with van der Waals surface area (Å²) in [5.74, 6) is -0.613. The summed E-state index contributed by atoms with van der Waals surface area (Å²) in [6.45, 7) is 0. The molecule has 0 radical (unpaired) electrons. The van der Waals surface area contributed by atoms with Crippen molar-refractivity contribution in [2.45, 2.75) is 19.3 Å². The summed E-state index contributed by atoms with van der Waals surface area (Å²) in [6.07, 6.45) is 2.99. The number of aromatic nitrogens is 1. The SMILES string of the molecule is COC(=O)CCCc1csc(NC(=O)c2ccoc2Cl)n1. The number of ether oxygens (including phenoxy) is 1. The summed E-state index contributed by atoms with van der Waals surface area (Å²) in [5.41, 5.74) is 1.08. The van der Waals surface area contributed by atoms with Gasteiger partial charge < -0.3 is 9.15 Å². The lowest BCUT2D eigenvalue weighted by Gasteiger charge is -1.99. The molecule has 0 fully saturated rings. The predicted molar refractivity (Wildman–Crippen MR) is 78.7 cm³/mol. The summed E-state index contributed by atoms with van der Waals surface area (Å²) >= 11 is 7.04. The van der Waals surface area contributed by atoms with E-state index >= 15 is 0 Å². The van der Waals surface area contributed by atoms with Crippen LogP contribution in [0, 0.1) is 0 Å². The molecular formula is C13H13ClN2O4S. The monoisotopic (exact) mass is 328 g/mol. The average Bonchev–Trinajstić information content (AvgIpc) is 3.07. The minimum Gasteiger partial charge on any atom is -0.469 e. The van der Waals surface area contributed by atoms with Crippen LogP contribution in [0.4, 0.5) is 5.13 Å². The Morgan fingerprint density at radius 3 is 3.00 bits per heavy atom. The van der Waals surface area contributed by atoms with Gasteiger partial charge in [0.15, 0.2) is 5.13 Å². The Labute approximate surface area is 130 Å². The molecule has 0 bridgehead atoms. The number of nitrogens with zero attached hydrogens (tertiary/aromatic N) is 1. The minimum atomic E-state index is -0.371. The molecule has 21 heavy (non-hydrogen) atoms. The van der Waals surface area contributed by atoms with Crippen molar-refractivity contribution >= 4 is 39.9 Å². The zero-order valence-electron chi connectivity index (χ0n) is 11.2. The molecule has 112 valence electrons. The molecule has 0 saturated carbocycles. The molecule has 0 aromatic carbocycles. The maximum atomic E-state index is 11.9. The van der Waals surface area contributed by atoms with Gasteiger partial charge in [-0.05, 0) is 30.5 Å². The van der Waals surface area contributed by atoms with Gasteiger partial charge in [-0.25, -0.2) is 4.98 Å². The molecule has 6 nitrogen and oxygen atoms in total. The van der Waals surface area contributed by atoms with Crippen LogP contribution in [0.15, 0.2) is 22.1 Å². The predicted octanol–water partition coefficient (Wildman–Crippen LogP) is 3.14. The number of rotatable bonds is 6. The largest absolute Gasteiger partial charge is 0.469 e. The van der Waals surface area contributed by atoms with Crippen molar-refractivity contribution < 1.29 is 18.7 Å². The van der Waals surface area contributed by atoms with Gasteiger partial charge in [0.1, 0.15) is 0 Å². The first-order chi connectivity index (χ1) is 10.1. The third-order valence-electron chi connectivity index (χ3n) is 2.68. The van der Waals surface area contributed by atoms with E-state index in [1.54, 1.807) is 0 Å². The van der Waals surface area contributed by atoms with E-state index in [1.165, 1.54) is 30.8 Å². The fraction of sp³-hybridized carbons (Fsp3) is 0.308. The summed E-state index contributed by atoms with van der Waals surface area (Å²) < 4.78 is 9.42. The van der Waals surface area contributed by atoms with Gasteiger partial charge >= 0.3 is 5.97 Å². The van der Waals surface area contributed by atoms with E-state index in [0.717, 1.165) is 5.69 Å². The number of furan rings is 1. The van der Waals surface area contributed by atoms with Crippen LogP contribution in [0.5, 0.6) is 0 Å². The zero-order chi connectivity index (χ0) is 15.2. The molecule has 2 aromatic heterocycles. The van der Waals surface area contributed by atoms with E-state index in [9.17, 15) is 9.59 Å². The Morgan fingerprint density at radius 1 is 1.52 bits per heavy atom. The molecule has 2 aromatic rings. The first kappa shape index (κ1) is 15.5. The van der Waals surface area contributed by atoms with Crippen molar-refractivity contribution in [1.82, 2.24) is 4.98 Å². The Hall–Kier alpha value is -1.86. The molecule has 1 amide bonds. The fourth-order valence-corrected chi connectivity index (χ4v) is 2.56. The number of halogens is 1. The Morgan fingerprint density at radius 2 is 2.33 bits per heavy atom. The van der Waals surface area contributed by atoms with E-state index in [0.29, 0.717) is 24.4 Å². The lowest BCUT2D eigenvalue weighted by Crippen LogP contribution is -2.11. The molecule has 0 unspecified atom stereocenters. The van der Waals surface area contributed by atoms with Gasteiger partial charge in [0, 0.05) is 11.8 Å². The standard InChI is InChI=1S/C13H13ClN2O4S/c1-19-10(17)4-2-3-8-7-21-13(15-8)16-12(18)9-5-6-20-11(9)14/h5-7H,2-4H2,1H3,(H,15,16,18). The van der Waals surface area contributed by atoms with Crippen LogP contribution >= 0.6 is 22.9 Å². The topological polar surface area (TPSA) is 81.4 Å². The number of hydrogen-bond acceptors (Lipinski definition) is 6. The molecule has 0 spiro atoms. The average molecular weight is 329 g/mol. The molecule has 2 rings (SSSR count). The lowest BCUT2D eigenvalue weighted by molar-refractivity contribution is -0.140. The van der Waals surface area contributed by atoms with Crippen molar-refractivity contribution in [3.8, 4) is 0 Å². The second-order valence-corrected chi connectivity index (χ2v) is 5.34. The summed E-state index contributed by atoms with van der Waals surface area (Å²) in [7, 11) is 1.36. The van der Waals surface area contributed by atoms with Gasteiger partial charge in [-0.1, -0.05) is 0 Å². The van der Waals surface area contributed by atoms with E-state index in [2.05, 4.69) is 15.0 Å². The van der Waals surface area contributed by atoms with E-state index in [1.807, 2.05) is 5.38 Å². The van der Waals surface area contributed by atoms with E-state index < -0.39 is 0 Å². The van der Waals surface area contributed by atoms with Gasteiger partial charge in [0.05, 0.1) is 24.6 Å². The van der Waals surface area contributed by atoms with Gasteiger partial charge in [0.25, 0.3) is 5.91 Å². The fourth-order valence-electron chi connectivity index (χ4n) is 1.62. The number of aryl methyl sites for hydroxylation is 1. The van der Waals surface area contributed by atoms with Gasteiger partial charge in [-0.15, -0.1) is 11.3 Å². The highest BCUT2D eigenvalue weighted by Gasteiger charge is 2.14. The number of methoxy groups -OCH3 is 1. The number of thiazole rings is 1. The summed E-state index contributed by atoms with van der Waals surface area (Å²) in [5, 5.41) is 5.01. The summed E-state index contributed by atoms with van der Waals surface area (Å²) in [6, 6.07) is 1.49. The van der Waals surface area contributed by atoms with Crippen molar-refractivity contribution in [2.24, 2.45) is 0 Å². The molecule has 0 aliphatic carbocycles. The molecule has 0 aliphatic heterocycles. The third kappa shape index (κ3) is 4.30. The maximum Gasteiger partial charge on any atom is 0.305 e. The van der Waals surface area contributed by atoms with Crippen molar-refractivity contribution in [1.29, 1.82) is 0 Å². The lowest BCUT2D eigenvalue weighted by atomic mass is 10.2. The summed E-state index contributed by atoms with van der Waals surface area (Å²) in [4.78, 5) is 27.2. The third-order valence-corrected chi connectivity index (χ3v) is 3.78. The van der Waals surface area contributed by atoms with E-state index in [4.69, 9.17) is 16.0 Å². The molecule has 1 N–H and O–H groups in total. The number of carbonyl (C=O) groups is 2. The highest BCUT2D eigenvalue weighted by Crippen LogP contribution is 2.21. The number of amides is 1. The van der Waals surface area contributed by atoms with Crippen LogP contribution in [0.25, 0.3) is 0 Å². The van der Waals surface area contributed by atoms with Crippen molar-refractivity contribution in [2.75, 3.05) is 12.4 Å². The van der Waals surface area contributed by atoms with Crippen LogP contribution < -0.4 is 5.32 Å². The Kier molecular flexibility index (Phi) is 5.35. The number of hydrogen-bond donors (Lipinski definition) is 1. The van der Waals surface area contributed by atoms with Crippen molar-refractivity contribution in [3.05, 3.63) is 34.2 Å². The van der Waals surface area contributed by atoms with Crippen LogP contribution in [-0.2, 0) is 16.0 Å². The zero-order valence-corrected chi connectivity index (χ0v) is 12.8. The van der Waals surface area contributed by atoms with Crippen LogP contribution in [0.3, 0.4) is 0 Å². The second kappa shape index (κ2) is 7.24. The first-order valence-electron chi connectivity index (χ1n) is 6.15. The molecule has 0 atom stereocenters. The highest BCUT2D eigenvalue weighted by molar-refractivity contribution is 7.14. The van der Waals surface area contributed by atoms with Crippen LogP contribution in [-0.4, -0.2) is 24.0 Å². The van der Waals surface area contributed by atoms with Crippen molar-refractivity contribution in [3.63, 3.8) is 0 Å². The molecule has 2 heterocycles. The quantitative estimate of drug-likeness (QED) is 0.824. The van der Waals surface area contributed by atoms with Gasteiger partial charge in [-0.3, -0.25) is 14.9 Å². The number of carbonyl (C=O) groups excluding carboxylic acids is 2. The second-order valence-electron chi connectivity index (χ2n) is 4.14. The first-order valence-corrected chi connectivity index (χ1v) is 7.41. The van der Waals surface area contributed by atoms with Gasteiger partial charge in [0.2, 0.25) is 5.22 Å². The number of anilines is 1.